The summed E-state index contributed by atoms with van der Waals surface area (Å²) in [6, 6.07) is 9.34. The highest BCUT2D eigenvalue weighted by atomic mass is 127. The van der Waals surface area contributed by atoms with Gasteiger partial charge in [-0.05, 0) is 59.0 Å². The molecular weight excluding hydrogens is 400 g/mol. The molecule has 0 aliphatic heterocycles. The Morgan fingerprint density at radius 1 is 1.16 bits per heavy atom. The summed E-state index contributed by atoms with van der Waals surface area (Å²) in [5.41, 5.74) is 0.849. The zero-order valence-corrected chi connectivity index (χ0v) is 13.1. The van der Waals surface area contributed by atoms with Gasteiger partial charge in [0.1, 0.15) is 5.75 Å². The molecule has 2 N–H and O–H groups in total. The monoisotopic (exact) mass is 407 g/mol. The Bertz CT molecular complexity index is 647. The maximum Gasteiger partial charge on any atom is 0.257 e. The minimum Gasteiger partial charge on any atom is -0.508 e. The van der Waals surface area contributed by atoms with Crippen LogP contribution in [0.15, 0.2) is 36.4 Å². The van der Waals surface area contributed by atoms with E-state index in [0.29, 0.717) is 10.7 Å². The van der Waals surface area contributed by atoms with Crippen molar-refractivity contribution in [3.05, 3.63) is 55.6 Å². The molecule has 0 spiro atoms. The number of anilines is 1. The van der Waals surface area contributed by atoms with E-state index in [1.165, 1.54) is 18.2 Å². The summed E-state index contributed by atoms with van der Waals surface area (Å²) in [7, 11) is 0. The minimum absolute atomic E-state index is 0.0136. The van der Waals surface area contributed by atoms with Crippen LogP contribution >= 0.6 is 45.8 Å². The number of phenolic OH excluding ortho intramolecular Hbond substituents is 1. The molecule has 0 saturated carbocycles. The van der Waals surface area contributed by atoms with Crippen LogP contribution in [0.2, 0.25) is 10.0 Å². The number of rotatable bonds is 2. The molecule has 3 nitrogen and oxygen atoms in total. The van der Waals surface area contributed by atoms with Gasteiger partial charge in [-0.1, -0.05) is 23.2 Å². The molecular formula is C13H8Cl2INO2. The van der Waals surface area contributed by atoms with E-state index in [1.807, 2.05) is 0 Å². The van der Waals surface area contributed by atoms with Crippen LogP contribution in [0.25, 0.3) is 0 Å². The third kappa shape index (κ3) is 3.52. The number of nitrogens with one attached hydrogen (secondary N) is 1. The Labute approximate surface area is 133 Å². The van der Waals surface area contributed by atoms with Crippen molar-refractivity contribution in [3.8, 4) is 5.75 Å². The minimum atomic E-state index is -0.388. The number of amides is 1. The number of carbonyl (C=O) groups is 1. The molecule has 0 bridgehead atoms. The standard InChI is InChI=1S/C13H8Cl2INO2/c14-7-1-4-12(11(16)5-7)17-13(19)9-6-8(18)2-3-10(9)15/h1-6,18H,(H,17,19). The maximum atomic E-state index is 12.1. The van der Waals surface area contributed by atoms with Gasteiger partial charge in [-0.15, -0.1) is 0 Å². The molecule has 0 heterocycles. The molecule has 2 rings (SSSR count). The van der Waals surface area contributed by atoms with Crippen LogP contribution in [0.4, 0.5) is 5.69 Å². The molecule has 0 saturated heterocycles. The zero-order valence-electron chi connectivity index (χ0n) is 9.45. The lowest BCUT2D eigenvalue weighted by Crippen LogP contribution is -2.13. The number of hydrogen-bond acceptors (Lipinski definition) is 2. The van der Waals surface area contributed by atoms with Gasteiger partial charge in [0.2, 0.25) is 0 Å². The smallest absolute Gasteiger partial charge is 0.257 e. The second-order valence-electron chi connectivity index (χ2n) is 3.74. The van der Waals surface area contributed by atoms with Crippen LogP contribution in [0.5, 0.6) is 5.75 Å². The van der Waals surface area contributed by atoms with E-state index < -0.39 is 0 Å². The van der Waals surface area contributed by atoms with E-state index in [9.17, 15) is 9.90 Å². The third-order valence-corrected chi connectivity index (χ3v) is 3.83. The lowest BCUT2D eigenvalue weighted by Gasteiger charge is -2.09. The van der Waals surface area contributed by atoms with Gasteiger partial charge < -0.3 is 10.4 Å². The fourth-order valence-corrected chi connectivity index (χ4v) is 2.68. The fraction of sp³-hybridized carbons (Fsp3) is 0. The van der Waals surface area contributed by atoms with Crippen LogP contribution in [0, 0.1) is 3.57 Å². The average molecular weight is 408 g/mol. The van der Waals surface area contributed by atoms with Crippen molar-refractivity contribution in [1.29, 1.82) is 0 Å². The first-order valence-electron chi connectivity index (χ1n) is 5.22. The molecule has 2 aromatic carbocycles. The van der Waals surface area contributed by atoms with Crippen LogP contribution in [-0.4, -0.2) is 11.0 Å². The number of benzene rings is 2. The van der Waals surface area contributed by atoms with Gasteiger partial charge in [0, 0.05) is 8.59 Å². The van der Waals surface area contributed by atoms with Crippen molar-refractivity contribution in [1.82, 2.24) is 0 Å². The quantitative estimate of drug-likeness (QED) is 0.717. The summed E-state index contributed by atoms with van der Waals surface area (Å²) in [5.74, 6) is -0.401. The van der Waals surface area contributed by atoms with E-state index in [1.54, 1.807) is 18.2 Å². The molecule has 0 radical (unpaired) electrons. The van der Waals surface area contributed by atoms with Crippen LogP contribution in [0.1, 0.15) is 10.4 Å². The molecule has 0 aromatic heterocycles. The van der Waals surface area contributed by atoms with E-state index in [4.69, 9.17) is 23.2 Å². The van der Waals surface area contributed by atoms with E-state index in [2.05, 4.69) is 27.9 Å². The molecule has 0 aliphatic rings. The number of aromatic hydroxyl groups is 1. The van der Waals surface area contributed by atoms with Crippen LogP contribution < -0.4 is 5.32 Å². The second-order valence-corrected chi connectivity index (χ2v) is 5.75. The molecule has 0 aliphatic carbocycles. The Morgan fingerprint density at radius 3 is 2.58 bits per heavy atom. The largest absolute Gasteiger partial charge is 0.508 e. The van der Waals surface area contributed by atoms with E-state index >= 15 is 0 Å². The molecule has 19 heavy (non-hydrogen) atoms. The van der Waals surface area contributed by atoms with Gasteiger partial charge in [0.25, 0.3) is 5.91 Å². The highest BCUT2D eigenvalue weighted by Crippen LogP contribution is 2.25. The van der Waals surface area contributed by atoms with Crippen molar-refractivity contribution in [2.45, 2.75) is 0 Å². The predicted molar refractivity (Wildman–Crippen MR) is 85.2 cm³/mol. The molecule has 0 unspecified atom stereocenters. The van der Waals surface area contributed by atoms with Crippen molar-refractivity contribution in [2.24, 2.45) is 0 Å². The summed E-state index contributed by atoms with van der Waals surface area (Å²) < 4.78 is 0.815. The number of phenols is 1. The van der Waals surface area contributed by atoms with Gasteiger partial charge >= 0.3 is 0 Å². The van der Waals surface area contributed by atoms with E-state index in [-0.39, 0.29) is 22.2 Å². The Balaban J connectivity index is 2.28. The average Bonchev–Trinajstić information content (AvgIpc) is 2.35. The normalized spacial score (nSPS) is 10.3. The number of carbonyl (C=O) groups excluding carboxylic acids is 1. The second kappa shape index (κ2) is 5.98. The predicted octanol–water partition coefficient (Wildman–Crippen LogP) is 4.56. The van der Waals surface area contributed by atoms with Gasteiger partial charge in [-0.2, -0.15) is 0 Å². The molecule has 2 aromatic rings. The first-order valence-corrected chi connectivity index (χ1v) is 7.06. The fourth-order valence-electron chi connectivity index (χ4n) is 1.47. The summed E-state index contributed by atoms with van der Waals surface area (Å²) >= 11 is 13.8. The lowest BCUT2D eigenvalue weighted by atomic mass is 10.2. The molecule has 0 fully saturated rings. The van der Waals surface area contributed by atoms with E-state index in [0.717, 1.165) is 3.57 Å². The van der Waals surface area contributed by atoms with Gasteiger partial charge in [-0.3, -0.25) is 4.79 Å². The Kier molecular flexibility index (Phi) is 4.54. The number of hydrogen-bond donors (Lipinski definition) is 2. The lowest BCUT2D eigenvalue weighted by molar-refractivity contribution is 0.102. The third-order valence-electron chi connectivity index (χ3n) is 2.37. The highest BCUT2D eigenvalue weighted by Gasteiger charge is 2.13. The topological polar surface area (TPSA) is 49.3 Å². The SMILES string of the molecule is O=C(Nc1ccc(Cl)cc1I)c1cc(O)ccc1Cl. The first-order chi connectivity index (χ1) is 8.97. The Morgan fingerprint density at radius 2 is 1.89 bits per heavy atom. The molecule has 1 amide bonds. The summed E-state index contributed by atoms with van der Waals surface area (Å²) in [6.45, 7) is 0. The first kappa shape index (κ1) is 14.4. The number of halogens is 3. The van der Waals surface area contributed by atoms with Gasteiger partial charge in [0.15, 0.2) is 0 Å². The van der Waals surface area contributed by atoms with Crippen molar-refractivity contribution >= 4 is 57.4 Å². The molecule has 98 valence electrons. The van der Waals surface area contributed by atoms with Crippen LogP contribution in [0.3, 0.4) is 0 Å². The summed E-state index contributed by atoms with van der Waals surface area (Å²) in [6.07, 6.45) is 0. The Hall–Kier alpha value is -0.980. The summed E-state index contributed by atoms with van der Waals surface area (Å²) in [5, 5.41) is 13.0. The molecule has 6 heteroatoms. The highest BCUT2D eigenvalue weighted by molar-refractivity contribution is 14.1. The maximum absolute atomic E-state index is 12.1. The van der Waals surface area contributed by atoms with Crippen molar-refractivity contribution in [2.75, 3.05) is 5.32 Å². The zero-order chi connectivity index (χ0) is 14.0. The van der Waals surface area contributed by atoms with Crippen LogP contribution in [-0.2, 0) is 0 Å². The van der Waals surface area contributed by atoms with Crippen molar-refractivity contribution < 1.29 is 9.90 Å². The summed E-state index contributed by atoms with van der Waals surface area (Å²) in [4.78, 5) is 12.1. The molecule has 0 atom stereocenters. The van der Waals surface area contributed by atoms with Gasteiger partial charge in [0.05, 0.1) is 16.3 Å². The van der Waals surface area contributed by atoms with Gasteiger partial charge in [-0.25, -0.2) is 0 Å². The van der Waals surface area contributed by atoms with Crippen molar-refractivity contribution in [3.63, 3.8) is 0 Å².